The minimum absolute atomic E-state index is 0.125. The molecule has 74 valence electrons. The standard InChI is InChI=1S/C11H14N2O/c12-11(4-5-11)3-1-9-7-8-2-6-13-10(8)14-9/h2,6-7,13H,1,3-5,12H2. The lowest BCUT2D eigenvalue weighted by molar-refractivity contribution is 0.502. The van der Waals surface area contributed by atoms with Gasteiger partial charge in [0.2, 0.25) is 5.71 Å². The molecule has 0 aliphatic heterocycles. The zero-order chi connectivity index (χ0) is 9.60. The van der Waals surface area contributed by atoms with Crippen LogP contribution in [0.4, 0.5) is 0 Å². The van der Waals surface area contributed by atoms with E-state index in [2.05, 4.69) is 11.1 Å². The van der Waals surface area contributed by atoms with Crippen LogP contribution in [0.15, 0.2) is 22.7 Å². The van der Waals surface area contributed by atoms with Gasteiger partial charge < -0.3 is 15.1 Å². The number of hydrogen-bond acceptors (Lipinski definition) is 2. The fraction of sp³-hybridized carbons (Fsp3) is 0.455. The summed E-state index contributed by atoms with van der Waals surface area (Å²) in [5, 5.41) is 1.15. The Kier molecular flexibility index (Phi) is 1.53. The third-order valence-electron chi connectivity index (χ3n) is 3.05. The van der Waals surface area contributed by atoms with E-state index in [1.165, 1.54) is 12.8 Å². The Bertz CT molecular complexity index is 422. The van der Waals surface area contributed by atoms with Gasteiger partial charge in [-0.15, -0.1) is 0 Å². The number of furan rings is 1. The van der Waals surface area contributed by atoms with Crippen molar-refractivity contribution in [2.45, 2.75) is 31.2 Å². The van der Waals surface area contributed by atoms with Gasteiger partial charge in [-0.2, -0.15) is 0 Å². The molecule has 3 nitrogen and oxygen atoms in total. The van der Waals surface area contributed by atoms with Crippen molar-refractivity contribution in [2.75, 3.05) is 0 Å². The first-order valence-electron chi connectivity index (χ1n) is 5.10. The van der Waals surface area contributed by atoms with Gasteiger partial charge in [-0.3, -0.25) is 0 Å². The minimum Gasteiger partial charge on any atom is -0.445 e. The molecule has 0 aromatic carbocycles. The van der Waals surface area contributed by atoms with Crippen molar-refractivity contribution in [1.29, 1.82) is 0 Å². The van der Waals surface area contributed by atoms with E-state index in [1.807, 2.05) is 12.3 Å². The molecule has 3 rings (SSSR count). The van der Waals surface area contributed by atoms with E-state index < -0.39 is 0 Å². The molecular formula is C11H14N2O. The summed E-state index contributed by atoms with van der Waals surface area (Å²) in [4.78, 5) is 3.05. The number of fused-ring (bicyclic) bond motifs is 1. The quantitative estimate of drug-likeness (QED) is 0.779. The lowest BCUT2D eigenvalue weighted by Gasteiger charge is -2.04. The van der Waals surface area contributed by atoms with Crippen LogP contribution in [0.25, 0.3) is 11.1 Å². The van der Waals surface area contributed by atoms with E-state index in [1.54, 1.807) is 0 Å². The molecule has 3 N–H and O–H groups in total. The monoisotopic (exact) mass is 190 g/mol. The van der Waals surface area contributed by atoms with E-state index >= 15 is 0 Å². The highest BCUT2D eigenvalue weighted by Crippen LogP contribution is 2.36. The van der Waals surface area contributed by atoms with Crippen molar-refractivity contribution in [3.63, 3.8) is 0 Å². The summed E-state index contributed by atoms with van der Waals surface area (Å²) >= 11 is 0. The fourth-order valence-electron chi connectivity index (χ4n) is 1.81. The third-order valence-corrected chi connectivity index (χ3v) is 3.05. The molecule has 14 heavy (non-hydrogen) atoms. The lowest BCUT2D eigenvalue weighted by Crippen LogP contribution is -2.21. The fourth-order valence-corrected chi connectivity index (χ4v) is 1.81. The molecule has 3 heteroatoms. The van der Waals surface area contributed by atoms with E-state index in [-0.39, 0.29) is 5.54 Å². The van der Waals surface area contributed by atoms with Gasteiger partial charge in [0, 0.05) is 23.5 Å². The number of aromatic amines is 1. The largest absolute Gasteiger partial charge is 0.445 e. The van der Waals surface area contributed by atoms with Gasteiger partial charge in [-0.05, 0) is 31.4 Å². The van der Waals surface area contributed by atoms with Crippen LogP contribution in [0.1, 0.15) is 25.0 Å². The second-order valence-corrected chi connectivity index (χ2v) is 4.34. The first-order valence-corrected chi connectivity index (χ1v) is 5.10. The van der Waals surface area contributed by atoms with E-state index in [0.29, 0.717) is 0 Å². The summed E-state index contributed by atoms with van der Waals surface area (Å²) in [7, 11) is 0. The number of aryl methyl sites for hydroxylation is 1. The highest BCUT2D eigenvalue weighted by atomic mass is 16.3. The van der Waals surface area contributed by atoms with Gasteiger partial charge in [0.15, 0.2) is 0 Å². The van der Waals surface area contributed by atoms with Crippen LogP contribution in [0, 0.1) is 0 Å². The molecule has 0 amide bonds. The van der Waals surface area contributed by atoms with E-state index in [4.69, 9.17) is 10.2 Å². The molecule has 0 atom stereocenters. The van der Waals surface area contributed by atoms with E-state index in [0.717, 1.165) is 29.7 Å². The molecule has 0 saturated heterocycles. The molecule has 0 radical (unpaired) electrons. The first kappa shape index (κ1) is 8.12. The molecule has 2 aromatic heterocycles. The summed E-state index contributed by atoms with van der Waals surface area (Å²) in [5.41, 5.74) is 7.02. The highest BCUT2D eigenvalue weighted by Gasteiger charge is 2.37. The Hall–Kier alpha value is -1.22. The van der Waals surface area contributed by atoms with Crippen LogP contribution in [0.3, 0.4) is 0 Å². The van der Waals surface area contributed by atoms with Gasteiger partial charge in [0.05, 0.1) is 0 Å². The third kappa shape index (κ3) is 1.34. The number of rotatable bonds is 3. The molecule has 1 saturated carbocycles. The number of nitrogens with one attached hydrogen (secondary N) is 1. The molecule has 1 fully saturated rings. The maximum atomic E-state index is 6.01. The summed E-state index contributed by atoms with van der Waals surface area (Å²) in [5.74, 6) is 1.04. The highest BCUT2D eigenvalue weighted by molar-refractivity contribution is 5.74. The zero-order valence-corrected chi connectivity index (χ0v) is 8.05. The average Bonchev–Trinajstić information content (AvgIpc) is 2.61. The molecule has 1 aliphatic rings. The predicted molar refractivity (Wildman–Crippen MR) is 55.0 cm³/mol. The predicted octanol–water partition coefficient (Wildman–Crippen LogP) is 2.18. The molecule has 1 aliphatic carbocycles. The van der Waals surface area contributed by atoms with Crippen molar-refractivity contribution in [3.8, 4) is 0 Å². The number of aromatic nitrogens is 1. The summed E-state index contributed by atoms with van der Waals surface area (Å²) in [6, 6.07) is 4.12. The molecule has 2 aromatic rings. The van der Waals surface area contributed by atoms with Crippen molar-refractivity contribution in [3.05, 3.63) is 24.1 Å². The molecule has 0 spiro atoms. The van der Waals surface area contributed by atoms with E-state index in [9.17, 15) is 0 Å². The van der Waals surface area contributed by atoms with Crippen LogP contribution < -0.4 is 5.73 Å². The zero-order valence-electron chi connectivity index (χ0n) is 8.05. The van der Waals surface area contributed by atoms with Gasteiger partial charge in [0.1, 0.15) is 5.76 Å². The summed E-state index contributed by atoms with van der Waals surface area (Å²) in [6.45, 7) is 0. The van der Waals surface area contributed by atoms with Gasteiger partial charge in [-0.25, -0.2) is 0 Å². The van der Waals surface area contributed by atoms with Crippen LogP contribution in [-0.4, -0.2) is 10.5 Å². The van der Waals surface area contributed by atoms with Crippen molar-refractivity contribution < 1.29 is 4.42 Å². The Morgan fingerprint density at radius 1 is 1.50 bits per heavy atom. The second-order valence-electron chi connectivity index (χ2n) is 4.34. The van der Waals surface area contributed by atoms with Crippen molar-refractivity contribution in [1.82, 2.24) is 4.98 Å². The smallest absolute Gasteiger partial charge is 0.204 e. The molecule has 0 unspecified atom stereocenters. The van der Waals surface area contributed by atoms with Crippen LogP contribution in [0.2, 0.25) is 0 Å². The Balaban J connectivity index is 1.75. The Morgan fingerprint density at radius 3 is 3.07 bits per heavy atom. The molecule has 2 heterocycles. The first-order chi connectivity index (χ1) is 6.75. The Morgan fingerprint density at radius 2 is 2.36 bits per heavy atom. The van der Waals surface area contributed by atoms with Crippen molar-refractivity contribution in [2.24, 2.45) is 5.73 Å². The van der Waals surface area contributed by atoms with Crippen LogP contribution in [-0.2, 0) is 6.42 Å². The number of hydrogen-bond donors (Lipinski definition) is 2. The summed E-state index contributed by atoms with van der Waals surface area (Å²) in [6.07, 6.45) is 6.24. The van der Waals surface area contributed by atoms with Crippen molar-refractivity contribution >= 4 is 11.1 Å². The number of H-pyrrole nitrogens is 1. The SMILES string of the molecule is NC1(CCc2cc3cc[nH]c3o2)CC1. The van der Waals surface area contributed by atoms with Crippen LogP contribution >= 0.6 is 0 Å². The molecule has 0 bridgehead atoms. The van der Waals surface area contributed by atoms with Crippen LogP contribution in [0.5, 0.6) is 0 Å². The Labute approximate surface area is 82.3 Å². The minimum atomic E-state index is 0.125. The average molecular weight is 190 g/mol. The maximum absolute atomic E-state index is 6.01. The normalized spacial score (nSPS) is 18.9. The lowest BCUT2D eigenvalue weighted by atomic mass is 10.1. The van der Waals surface area contributed by atoms with Gasteiger partial charge in [0.25, 0.3) is 0 Å². The molecular weight excluding hydrogens is 176 g/mol. The maximum Gasteiger partial charge on any atom is 0.204 e. The number of nitrogens with two attached hydrogens (primary N) is 1. The summed E-state index contributed by atoms with van der Waals surface area (Å²) < 4.78 is 5.62. The van der Waals surface area contributed by atoms with Gasteiger partial charge in [-0.1, -0.05) is 0 Å². The second kappa shape index (κ2) is 2.64. The van der Waals surface area contributed by atoms with Gasteiger partial charge >= 0.3 is 0 Å². The topological polar surface area (TPSA) is 55.0 Å².